The number of carboxylic acid groups (broad SMARTS) is 4. The van der Waals surface area contributed by atoms with Gasteiger partial charge in [0.25, 0.3) is 0 Å². The molecule has 0 saturated carbocycles. The van der Waals surface area contributed by atoms with Crippen molar-refractivity contribution in [3.05, 3.63) is 82.9 Å². The first-order valence-electron chi connectivity index (χ1n) is 8.53. The quantitative estimate of drug-likeness (QED) is 0.483. The van der Waals surface area contributed by atoms with E-state index >= 15 is 0 Å². The fourth-order valence-electron chi connectivity index (χ4n) is 3.32. The Morgan fingerprint density at radius 1 is 0.433 bits per heavy atom. The van der Waals surface area contributed by atoms with E-state index in [1.165, 1.54) is 36.4 Å². The van der Waals surface area contributed by atoms with Gasteiger partial charge in [-0.1, -0.05) is 48.5 Å². The Hall–Kier alpha value is -4.46. The van der Waals surface area contributed by atoms with Gasteiger partial charge in [0.2, 0.25) is 0 Å². The molecule has 0 atom stereocenters. The van der Waals surface area contributed by atoms with E-state index in [2.05, 4.69) is 0 Å². The topological polar surface area (TPSA) is 149 Å². The van der Waals surface area contributed by atoms with Gasteiger partial charge in [0, 0.05) is 0 Å². The highest BCUT2D eigenvalue weighted by atomic mass is 16.4. The van der Waals surface area contributed by atoms with Crippen molar-refractivity contribution in [3.63, 3.8) is 0 Å². The molecule has 0 aliphatic rings. The molecule has 0 amide bonds. The van der Waals surface area contributed by atoms with Gasteiger partial charge in [-0.05, 0) is 34.4 Å². The maximum Gasteiger partial charge on any atom is 0.337 e. The van der Waals surface area contributed by atoms with Crippen LogP contribution in [0.1, 0.15) is 41.4 Å². The van der Waals surface area contributed by atoms with Crippen LogP contribution in [0.4, 0.5) is 0 Å². The number of rotatable bonds is 6. The SMILES string of the molecule is O=C(O)c1cccc(-c2ccccc2-c2cccc(C(=O)O)c2C(=O)O)c1C(=O)O. The molecule has 3 rings (SSSR count). The minimum absolute atomic E-state index is 0.0649. The van der Waals surface area contributed by atoms with Crippen molar-refractivity contribution in [2.45, 2.75) is 0 Å². The van der Waals surface area contributed by atoms with Gasteiger partial charge in [-0.3, -0.25) is 0 Å². The molecular formula is C22H14O8. The van der Waals surface area contributed by atoms with E-state index in [9.17, 15) is 39.6 Å². The fourth-order valence-corrected chi connectivity index (χ4v) is 3.32. The summed E-state index contributed by atoms with van der Waals surface area (Å²) in [6, 6.07) is 14.1. The van der Waals surface area contributed by atoms with Crippen LogP contribution in [-0.2, 0) is 0 Å². The molecule has 8 nitrogen and oxygen atoms in total. The third kappa shape index (κ3) is 3.49. The first kappa shape index (κ1) is 20.3. The van der Waals surface area contributed by atoms with E-state index in [0.29, 0.717) is 0 Å². The fraction of sp³-hybridized carbons (Fsp3) is 0. The van der Waals surface area contributed by atoms with Crippen molar-refractivity contribution < 1.29 is 39.6 Å². The predicted molar refractivity (Wildman–Crippen MR) is 105 cm³/mol. The number of carboxylic acids is 4. The molecule has 3 aromatic rings. The Kier molecular flexibility index (Phi) is 5.33. The van der Waals surface area contributed by atoms with Crippen LogP contribution in [0.15, 0.2) is 60.7 Å². The van der Waals surface area contributed by atoms with Crippen LogP contribution in [0.3, 0.4) is 0 Å². The Morgan fingerprint density at radius 2 is 0.767 bits per heavy atom. The van der Waals surface area contributed by atoms with Crippen LogP contribution >= 0.6 is 0 Å². The summed E-state index contributed by atoms with van der Waals surface area (Å²) in [5.41, 5.74) is -1.12. The monoisotopic (exact) mass is 406 g/mol. The Morgan fingerprint density at radius 3 is 1.07 bits per heavy atom. The smallest absolute Gasteiger partial charge is 0.337 e. The number of aromatic carboxylic acids is 4. The zero-order valence-electron chi connectivity index (χ0n) is 15.2. The molecule has 0 saturated heterocycles. The van der Waals surface area contributed by atoms with Crippen molar-refractivity contribution in [1.29, 1.82) is 0 Å². The van der Waals surface area contributed by atoms with Gasteiger partial charge < -0.3 is 20.4 Å². The zero-order chi connectivity index (χ0) is 22.0. The second kappa shape index (κ2) is 7.88. The summed E-state index contributed by atoms with van der Waals surface area (Å²) in [7, 11) is 0. The van der Waals surface area contributed by atoms with Crippen LogP contribution in [0.25, 0.3) is 22.3 Å². The predicted octanol–water partition coefficient (Wildman–Crippen LogP) is 3.81. The number of hydrogen-bond donors (Lipinski definition) is 4. The summed E-state index contributed by atoms with van der Waals surface area (Å²) < 4.78 is 0. The van der Waals surface area contributed by atoms with E-state index in [1.54, 1.807) is 12.1 Å². The molecule has 4 N–H and O–H groups in total. The molecule has 0 spiro atoms. The standard InChI is InChI=1S/C22H14O8/c23-19(24)15-9-3-7-13(17(15)21(27)28)11-5-1-2-6-12(11)14-8-4-10-16(20(25)26)18(14)22(29)30/h1-10H,(H,23,24)(H,25,26)(H,27,28)(H,29,30). The van der Waals surface area contributed by atoms with E-state index in [4.69, 9.17) is 0 Å². The van der Waals surface area contributed by atoms with Gasteiger partial charge in [0.15, 0.2) is 0 Å². The lowest BCUT2D eigenvalue weighted by Crippen LogP contribution is -2.11. The lowest BCUT2D eigenvalue weighted by atomic mass is 9.87. The minimum atomic E-state index is -1.46. The first-order chi connectivity index (χ1) is 14.2. The number of hydrogen-bond acceptors (Lipinski definition) is 4. The lowest BCUT2D eigenvalue weighted by molar-refractivity contribution is 0.0652. The van der Waals surface area contributed by atoms with Crippen LogP contribution in [0.5, 0.6) is 0 Å². The average molecular weight is 406 g/mol. The second-order valence-electron chi connectivity index (χ2n) is 6.22. The molecule has 0 aliphatic heterocycles. The van der Waals surface area contributed by atoms with Gasteiger partial charge in [-0.15, -0.1) is 0 Å². The summed E-state index contributed by atoms with van der Waals surface area (Å²) in [6.07, 6.45) is 0. The maximum atomic E-state index is 11.9. The minimum Gasteiger partial charge on any atom is -0.478 e. The highest BCUT2D eigenvalue weighted by Gasteiger charge is 2.25. The van der Waals surface area contributed by atoms with E-state index in [1.807, 2.05) is 0 Å². The van der Waals surface area contributed by atoms with Gasteiger partial charge in [0.05, 0.1) is 22.3 Å². The van der Waals surface area contributed by atoms with Crippen molar-refractivity contribution in [2.75, 3.05) is 0 Å². The summed E-state index contributed by atoms with van der Waals surface area (Å²) in [5, 5.41) is 38.0. The van der Waals surface area contributed by atoms with Crippen LogP contribution in [0.2, 0.25) is 0 Å². The molecule has 150 valence electrons. The maximum absolute atomic E-state index is 11.9. The normalized spacial score (nSPS) is 10.4. The van der Waals surface area contributed by atoms with Crippen molar-refractivity contribution in [1.82, 2.24) is 0 Å². The third-order valence-corrected chi connectivity index (χ3v) is 4.52. The van der Waals surface area contributed by atoms with Gasteiger partial charge >= 0.3 is 23.9 Å². The molecule has 0 aliphatic carbocycles. The molecule has 0 aromatic heterocycles. The molecule has 30 heavy (non-hydrogen) atoms. The first-order valence-corrected chi connectivity index (χ1v) is 8.53. The Balaban J connectivity index is 2.40. The Labute approximate surface area is 169 Å². The summed E-state index contributed by atoms with van der Waals surface area (Å²) in [5.74, 6) is -5.78. The van der Waals surface area contributed by atoms with E-state index < -0.39 is 46.1 Å². The van der Waals surface area contributed by atoms with Crippen LogP contribution in [0, 0.1) is 0 Å². The van der Waals surface area contributed by atoms with Gasteiger partial charge in [-0.2, -0.15) is 0 Å². The van der Waals surface area contributed by atoms with E-state index in [0.717, 1.165) is 12.1 Å². The van der Waals surface area contributed by atoms with Crippen LogP contribution in [-0.4, -0.2) is 44.3 Å². The second-order valence-corrected chi connectivity index (χ2v) is 6.22. The zero-order valence-corrected chi connectivity index (χ0v) is 15.2. The average Bonchev–Trinajstić information content (AvgIpc) is 2.72. The molecular weight excluding hydrogens is 392 g/mol. The Bertz CT molecular complexity index is 1120. The molecule has 3 aromatic carbocycles. The summed E-state index contributed by atoms with van der Waals surface area (Å²) in [6.45, 7) is 0. The molecule has 0 bridgehead atoms. The summed E-state index contributed by atoms with van der Waals surface area (Å²) >= 11 is 0. The van der Waals surface area contributed by atoms with Crippen molar-refractivity contribution in [2.24, 2.45) is 0 Å². The molecule has 0 unspecified atom stereocenters. The third-order valence-electron chi connectivity index (χ3n) is 4.52. The highest BCUT2D eigenvalue weighted by Crippen LogP contribution is 2.37. The van der Waals surface area contributed by atoms with Gasteiger partial charge in [0.1, 0.15) is 0 Å². The van der Waals surface area contributed by atoms with Gasteiger partial charge in [-0.25, -0.2) is 19.2 Å². The molecule has 0 fully saturated rings. The molecule has 0 heterocycles. The molecule has 0 radical (unpaired) electrons. The lowest BCUT2D eigenvalue weighted by Gasteiger charge is -2.16. The van der Waals surface area contributed by atoms with Crippen LogP contribution < -0.4 is 0 Å². The highest BCUT2D eigenvalue weighted by molar-refractivity contribution is 6.10. The summed E-state index contributed by atoms with van der Waals surface area (Å²) in [4.78, 5) is 46.7. The van der Waals surface area contributed by atoms with Crippen molar-refractivity contribution in [3.8, 4) is 22.3 Å². The largest absolute Gasteiger partial charge is 0.478 e. The number of carbonyl (C=O) groups is 4. The van der Waals surface area contributed by atoms with Crippen molar-refractivity contribution >= 4 is 23.9 Å². The number of benzene rings is 3. The molecule has 8 heteroatoms. The van der Waals surface area contributed by atoms with E-state index in [-0.39, 0.29) is 22.3 Å².